The average molecular weight is 462 g/mol. The summed E-state index contributed by atoms with van der Waals surface area (Å²) in [6.07, 6.45) is 7.05. The number of rotatable bonds is 8. The van der Waals surface area contributed by atoms with Crippen LogP contribution in [0.4, 0.5) is 0 Å². The van der Waals surface area contributed by atoms with Crippen LogP contribution in [0, 0.1) is 0 Å². The van der Waals surface area contributed by atoms with E-state index in [1.165, 1.54) is 34.9 Å². The summed E-state index contributed by atoms with van der Waals surface area (Å²) >= 11 is 0. The van der Waals surface area contributed by atoms with E-state index in [1.54, 1.807) is 21.3 Å². The van der Waals surface area contributed by atoms with E-state index in [9.17, 15) is 9.59 Å². The third kappa shape index (κ3) is 3.82. The molecule has 14 heteroatoms. The van der Waals surface area contributed by atoms with Gasteiger partial charge in [-0.15, -0.1) is 20.4 Å². The summed E-state index contributed by atoms with van der Waals surface area (Å²) in [4.78, 5) is 38.4. The summed E-state index contributed by atoms with van der Waals surface area (Å²) in [5.74, 6) is 0. The van der Waals surface area contributed by atoms with Crippen LogP contribution in [0.15, 0.2) is 47.0 Å². The zero-order valence-electron chi connectivity index (χ0n) is 18.6. The molecule has 0 aliphatic heterocycles. The van der Waals surface area contributed by atoms with Crippen molar-refractivity contribution >= 4 is 21.8 Å². The van der Waals surface area contributed by atoms with E-state index in [0.29, 0.717) is 47.7 Å². The SMILES string of the molecule is CCC(Cn1ncnn1)n1cnc2cc3c(=O)n(C(CC)Cn4ncnn4)cnc3cc2c1=O. The van der Waals surface area contributed by atoms with Crippen molar-refractivity contribution < 1.29 is 0 Å². The molecular formula is C20H22N12O2. The van der Waals surface area contributed by atoms with Gasteiger partial charge in [-0.1, -0.05) is 13.8 Å². The van der Waals surface area contributed by atoms with Crippen LogP contribution in [0.1, 0.15) is 38.8 Å². The summed E-state index contributed by atoms with van der Waals surface area (Å²) in [5, 5.41) is 24.0. The first kappa shape index (κ1) is 21.5. The highest BCUT2D eigenvalue weighted by molar-refractivity contribution is 5.93. The Balaban J connectivity index is 1.56. The summed E-state index contributed by atoms with van der Waals surface area (Å²) in [7, 11) is 0. The maximum absolute atomic E-state index is 13.3. The molecule has 0 aliphatic rings. The Morgan fingerprint density at radius 3 is 1.53 bits per heavy atom. The van der Waals surface area contributed by atoms with Crippen molar-refractivity contribution in [3.05, 3.63) is 58.1 Å². The molecule has 5 rings (SSSR count). The first-order chi connectivity index (χ1) is 16.6. The fraction of sp³-hybridized carbons (Fsp3) is 0.400. The second-order valence-electron chi connectivity index (χ2n) is 7.91. The maximum atomic E-state index is 13.3. The van der Waals surface area contributed by atoms with E-state index in [1.807, 2.05) is 13.8 Å². The predicted molar refractivity (Wildman–Crippen MR) is 120 cm³/mol. The zero-order valence-corrected chi connectivity index (χ0v) is 18.6. The fourth-order valence-corrected chi connectivity index (χ4v) is 4.03. The monoisotopic (exact) mass is 462 g/mol. The maximum Gasteiger partial charge on any atom is 0.261 e. The molecule has 174 valence electrons. The number of benzene rings is 1. The second kappa shape index (κ2) is 8.88. The molecule has 4 aromatic heterocycles. The van der Waals surface area contributed by atoms with Gasteiger partial charge in [0.15, 0.2) is 12.7 Å². The minimum atomic E-state index is -0.214. The molecule has 0 N–H and O–H groups in total. The standard InChI is InChI=1S/C20H22N12O2/c1-3-13(7-31-25-9-23-27-31)29-11-21-17-6-16-18(5-15(17)19(29)33)22-12-30(20(16)34)14(4-2)8-32-26-10-24-28-32/h5-6,9-14H,3-4,7-8H2,1-2H3. The Morgan fingerprint density at radius 1 is 0.735 bits per heavy atom. The molecule has 2 atom stereocenters. The van der Waals surface area contributed by atoms with Crippen LogP contribution < -0.4 is 11.1 Å². The number of tetrazole rings is 2. The summed E-state index contributed by atoms with van der Waals surface area (Å²) in [6.45, 7) is 4.72. The number of hydrogen-bond acceptors (Lipinski definition) is 10. The van der Waals surface area contributed by atoms with Gasteiger partial charge in [0.2, 0.25) is 0 Å². The summed E-state index contributed by atoms with van der Waals surface area (Å²) < 4.78 is 3.13. The minimum absolute atomic E-state index is 0.203. The first-order valence-electron chi connectivity index (χ1n) is 10.9. The van der Waals surface area contributed by atoms with Crippen molar-refractivity contribution in [2.24, 2.45) is 0 Å². The molecule has 0 radical (unpaired) electrons. The van der Waals surface area contributed by atoms with Crippen molar-refractivity contribution in [2.75, 3.05) is 0 Å². The summed E-state index contributed by atoms with van der Waals surface area (Å²) in [5.41, 5.74) is 0.442. The lowest BCUT2D eigenvalue weighted by Gasteiger charge is -2.18. The molecule has 0 amide bonds. The van der Waals surface area contributed by atoms with Gasteiger partial charge in [-0.2, -0.15) is 9.59 Å². The van der Waals surface area contributed by atoms with Crippen molar-refractivity contribution in [3.8, 4) is 0 Å². The fourth-order valence-electron chi connectivity index (χ4n) is 4.03. The van der Waals surface area contributed by atoms with E-state index in [0.717, 1.165) is 0 Å². The molecule has 34 heavy (non-hydrogen) atoms. The third-order valence-corrected chi connectivity index (χ3v) is 5.95. The van der Waals surface area contributed by atoms with Crippen LogP contribution in [0.3, 0.4) is 0 Å². The van der Waals surface area contributed by atoms with Crippen LogP contribution >= 0.6 is 0 Å². The van der Waals surface area contributed by atoms with Gasteiger partial charge in [0.1, 0.15) is 0 Å². The normalized spacial score (nSPS) is 13.5. The van der Waals surface area contributed by atoms with Gasteiger partial charge in [0.05, 0.1) is 59.6 Å². The Morgan fingerprint density at radius 2 is 1.18 bits per heavy atom. The van der Waals surface area contributed by atoms with Crippen LogP contribution in [0.5, 0.6) is 0 Å². The van der Waals surface area contributed by atoms with Crippen LogP contribution in [0.2, 0.25) is 0 Å². The topological polar surface area (TPSA) is 157 Å². The van der Waals surface area contributed by atoms with Crippen molar-refractivity contribution in [3.63, 3.8) is 0 Å². The molecule has 1 aromatic carbocycles. The Hall–Kier alpha value is -4.36. The Kier molecular flexibility index (Phi) is 5.61. The Labute approximate surface area is 191 Å². The molecule has 0 fully saturated rings. The van der Waals surface area contributed by atoms with Gasteiger partial charge >= 0.3 is 0 Å². The molecule has 14 nitrogen and oxygen atoms in total. The lowest BCUT2D eigenvalue weighted by atomic mass is 10.1. The van der Waals surface area contributed by atoms with Crippen LogP contribution in [-0.4, -0.2) is 59.5 Å². The van der Waals surface area contributed by atoms with E-state index in [2.05, 4.69) is 40.8 Å². The van der Waals surface area contributed by atoms with Crippen molar-refractivity contribution in [2.45, 2.75) is 51.9 Å². The summed E-state index contributed by atoms with van der Waals surface area (Å²) in [6, 6.07) is 2.85. The van der Waals surface area contributed by atoms with Crippen molar-refractivity contribution in [1.29, 1.82) is 0 Å². The van der Waals surface area contributed by atoms with Gasteiger partial charge < -0.3 is 0 Å². The van der Waals surface area contributed by atoms with Gasteiger partial charge in [-0.25, -0.2) is 9.97 Å². The van der Waals surface area contributed by atoms with E-state index < -0.39 is 0 Å². The highest BCUT2D eigenvalue weighted by atomic mass is 16.1. The Bertz CT molecular complexity index is 1420. The third-order valence-electron chi connectivity index (χ3n) is 5.95. The van der Waals surface area contributed by atoms with Gasteiger partial charge in [0.25, 0.3) is 11.1 Å². The van der Waals surface area contributed by atoms with Gasteiger partial charge in [0, 0.05) is 0 Å². The van der Waals surface area contributed by atoms with Crippen LogP contribution in [0.25, 0.3) is 21.8 Å². The molecule has 0 saturated heterocycles. The number of aromatic nitrogens is 12. The smallest absolute Gasteiger partial charge is 0.261 e. The number of hydrogen-bond donors (Lipinski definition) is 0. The zero-order chi connectivity index (χ0) is 23.7. The highest BCUT2D eigenvalue weighted by Crippen LogP contribution is 2.19. The van der Waals surface area contributed by atoms with Crippen molar-refractivity contribution in [1.82, 2.24) is 59.5 Å². The van der Waals surface area contributed by atoms with Gasteiger partial charge in [-0.05, 0) is 35.4 Å². The first-order valence-corrected chi connectivity index (χ1v) is 10.9. The molecule has 0 aliphatic carbocycles. The quantitative estimate of drug-likeness (QED) is 0.295. The van der Waals surface area contributed by atoms with E-state index in [-0.39, 0.29) is 23.2 Å². The molecular weight excluding hydrogens is 440 g/mol. The molecule has 5 aromatic rings. The lowest BCUT2D eigenvalue weighted by Crippen LogP contribution is -2.29. The average Bonchev–Trinajstić information content (AvgIpc) is 3.56. The number of nitrogens with zero attached hydrogens (tertiary/aromatic N) is 12. The molecule has 0 spiro atoms. The van der Waals surface area contributed by atoms with E-state index >= 15 is 0 Å². The lowest BCUT2D eigenvalue weighted by molar-refractivity contribution is 0.357. The number of fused-ring (bicyclic) bond motifs is 2. The molecule has 0 saturated carbocycles. The van der Waals surface area contributed by atoms with Gasteiger partial charge in [-0.3, -0.25) is 18.7 Å². The van der Waals surface area contributed by atoms with E-state index in [4.69, 9.17) is 0 Å². The second-order valence-corrected chi connectivity index (χ2v) is 7.91. The largest absolute Gasteiger partial charge is 0.294 e. The molecule has 0 bridgehead atoms. The minimum Gasteiger partial charge on any atom is -0.294 e. The molecule has 2 unspecified atom stereocenters. The van der Waals surface area contributed by atoms with Crippen LogP contribution in [-0.2, 0) is 13.1 Å². The molecule has 4 heterocycles. The highest BCUT2D eigenvalue weighted by Gasteiger charge is 2.18. The predicted octanol–water partition coefficient (Wildman–Crippen LogP) is 0.382.